The molecule has 0 bridgehead atoms. The van der Waals surface area contributed by atoms with Crippen LogP contribution in [-0.2, 0) is 9.47 Å². The van der Waals surface area contributed by atoms with Gasteiger partial charge < -0.3 is 28.8 Å². The third-order valence-corrected chi connectivity index (χ3v) is 0.963. The molecule has 0 aromatic rings. The summed E-state index contributed by atoms with van der Waals surface area (Å²) in [5, 5.41) is 0. The van der Waals surface area contributed by atoms with E-state index in [0.717, 1.165) is 19.4 Å². The molecule has 0 radical (unpaired) electrons. The summed E-state index contributed by atoms with van der Waals surface area (Å²) in [5.41, 5.74) is 0. The van der Waals surface area contributed by atoms with E-state index in [2.05, 4.69) is 17.7 Å². The van der Waals surface area contributed by atoms with Crippen molar-refractivity contribution in [2.45, 2.75) is 12.8 Å². The van der Waals surface area contributed by atoms with Gasteiger partial charge in [0.1, 0.15) is 6.79 Å². The number of ether oxygens (including phenoxy) is 2. The molecule has 2 nitrogen and oxygen atoms in total. The molecule has 12 heavy (non-hydrogen) atoms. The van der Waals surface area contributed by atoms with Crippen molar-refractivity contribution in [3.05, 3.63) is 19.1 Å². The van der Waals surface area contributed by atoms with Gasteiger partial charge in [-0.25, -0.2) is 0 Å². The van der Waals surface area contributed by atoms with E-state index >= 15 is 0 Å². The topological polar surface area (TPSA) is 18.5 Å². The van der Waals surface area contributed by atoms with Crippen LogP contribution in [0.5, 0.6) is 0 Å². The van der Waals surface area contributed by atoms with E-state index in [-0.39, 0.29) is 35.5 Å². The zero-order valence-corrected chi connectivity index (χ0v) is 9.76. The van der Waals surface area contributed by atoms with E-state index in [0.29, 0.717) is 6.79 Å². The van der Waals surface area contributed by atoms with Gasteiger partial charge in [0.2, 0.25) is 0 Å². The summed E-state index contributed by atoms with van der Waals surface area (Å²) in [7, 11) is 1.62. The van der Waals surface area contributed by atoms with Crippen LogP contribution in [0, 0.1) is 6.92 Å². The van der Waals surface area contributed by atoms with Crippen LogP contribution < -0.4 is 12.4 Å². The molecule has 68 valence electrons. The minimum Gasteiger partial charge on any atom is -1.00 e. The largest absolute Gasteiger partial charge is 2.00 e. The molecule has 4 heteroatoms. The molecular weight excluding hydrogens is 188 g/mol. The van der Waals surface area contributed by atoms with Crippen molar-refractivity contribution in [2.24, 2.45) is 0 Å². The molecule has 0 saturated carbocycles. The van der Waals surface area contributed by atoms with Crippen LogP contribution in [0.3, 0.4) is 0 Å². The first-order valence-electron chi connectivity index (χ1n) is 3.42. The first-order chi connectivity index (χ1) is 4.91. The zero-order valence-electron chi connectivity index (χ0n) is 7.59. The monoisotopic (exact) mass is 202 g/mol. The summed E-state index contributed by atoms with van der Waals surface area (Å²) in [6.07, 6.45) is 5.88. The van der Waals surface area contributed by atoms with Gasteiger partial charge in [-0.05, 0) is 6.42 Å². The van der Waals surface area contributed by atoms with Crippen LogP contribution in [0.25, 0.3) is 0 Å². The Balaban J connectivity index is -0.000000405. The summed E-state index contributed by atoms with van der Waals surface area (Å²) in [5.74, 6) is 0. The molecule has 0 amide bonds. The fourth-order valence-corrected chi connectivity index (χ4v) is 0.529. The van der Waals surface area contributed by atoms with Crippen LogP contribution in [0.4, 0.5) is 0 Å². The Hall–Kier alpha value is 0.716. The summed E-state index contributed by atoms with van der Waals surface area (Å²) >= 11 is 0. The molecule has 0 aliphatic carbocycles. The van der Waals surface area contributed by atoms with Crippen LogP contribution in [0.1, 0.15) is 12.8 Å². The molecule has 0 unspecified atom stereocenters. The van der Waals surface area contributed by atoms with Crippen LogP contribution in [0.2, 0.25) is 0 Å². The number of allylic oxidation sites excluding steroid dienone is 1. The number of halogens is 1. The molecule has 0 rings (SSSR count). The summed E-state index contributed by atoms with van der Waals surface area (Å²) < 4.78 is 9.73. The van der Waals surface area contributed by atoms with E-state index in [9.17, 15) is 0 Å². The number of hydrogen-bond donors (Lipinski definition) is 0. The van der Waals surface area contributed by atoms with Crippen molar-refractivity contribution in [2.75, 3.05) is 20.5 Å². The van der Waals surface area contributed by atoms with Gasteiger partial charge in [-0.3, -0.25) is 0 Å². The van der Waals surface area contributed by atoms with Crippen LogP contribution in [0.15, 0.2) is 12.2 Å². The van der Waals surface area contributed by atoms with Crippen LogP contribution in [-0.4, -0.2) is 43.6 Å². The van der Waals surface area contributed by atoms with E-state index < -0.39 is 0 Å². The Morgan fingerprint density at radius 2 is 2.00 bits per heavy atom. The van der Waals surface area contributed by atoms with E-state index in [4.69, 9.17) is 4.74 Å². The van der Waals surface area contributed by atoms with Gasteiger partial charge in [-0.2, -0.15) is 6.42 Å². The summed E-state index contributed by atoms with van der Waals surface area (Å²) in [6.45, 7) is 4.78. The van der Waals surface area contributed by atoms with Crippen molar-refractivity contribution in [1.82, 2.24) is 0 Å². The first kappa shape index (κ1) is 18.5. The second kappa shape index (κ2) is 17.7. The number of hydrogen-bond acceptors (Lipinski definition) is 2. The second-order valence-corrected chi connectivity index (χ2v) is 1.86. The standard InChI is InChI=1S/C8H15O2.ClH.Mg/c1-3-4-5-6-7-10-8-9-2;;/h4-5H,1,3,6-8H2,2H3;1H;/q-1;;+2/p-1/b5-4+;;. The van der Waals surface area contributed by atoms with E-state index in [1.54, 1.807) is 7.11 Å². The maximum absolute atomic E-state index is 5.04. The Morgan fingerprint density at radius 3 is 2.50 bits per heavy atom. The molecular formula is C8H15ClMgO2. The first-order valence-corrected chi connectivity index (χ1v) is 3.42. The van der Waals surface area contributed by atoms with E-state index in [1.807, 2.05) is 6.08 Å². The Morgan fingerprint density at radius 1 is 1.33 bits per heavy atom. The maximum atomic E-state index is 5.04. The Labute approximate surface area is 97.3 Å². The number of rotatable bonds is 6. The minimum atomic E-state index is 0. The fourth-order valence-electron chi connectivity index (χ4n) is 0.529. The van der Waals surface area contributed by atoms with Gasteiger partial charge in [0.25, 0.3) is 0 Å². The molecule has 0 spiro atoms. The third kappa shape index (κ3) is 17.0. The van der Waals surface area contributed by atoms with Gasteiger partial charge in [0.05, 0.1) is 6.61 Å². The Bertz CT molecular complexity index is 89.1. The smallest absolute Gasteiger partial charge is 1.00 e. The van der Waals surface area contributed by atoms with Crippen LogP contribution >= 0.6 is 0 Å². The van der Waals surface area contributed by atoms with E-state index in [1.165, 1.54) is 0 Å². The van der Waals surface area contributed by atoms with Crippen molar-refractivity contribution in [1.29, 1.82) is 0 Å². The van der Waals surface area contributed by atoms with Crippen molar-refractivity contribution < 1.29 is 21.9 Å². The van der Waals surface area contributed by atoms with Gasteiger partial charge >= 0.3 is 23.1 Å². The maximum Gasteiger partial charge on any atom is 2.00 e. The van der Waals surface area contributed by atoms with Gasteiger partial charge in [-0.15, -0.1) is 6.08 Å². The second-order valence-electron chi connectivity index (χ2n) is 1.86. The molecule has 0 N–H and O–H groups in total. The van der Waals surface area contributed by atoms with Gasteiger partial charge in [0, 0.05) is 7.11 Å². The molecule has 0 heterocycles. The summed E-state index contributed by atoms with van der Waals surface area (Å²) in [4.78, 5) is 0. The zero-order chi connectivity index (χ0) is 7.66. The SMILES string of the molecule is [CH2-]C/C=C/CCOCOC.[Cl-].[Mg+2]. The predicted octanol–water partition coefficient (Wildman–Crippen LogP) is -1.60. The molecule has 0 aromatic carbocycles. The van der Waals surface area contributed by atoms with Gasteiger partial charge in [-0.1, -0.05) is 6.08 Å². The average molecular weight is 203 g/mol. The molecule has 0 aromatic heterocycles. The molecule has 0 saturated heterocycles. The molecule has 0 aliphatic rings. The summed E-state index contributed by atoms with van der Waals surface area (Å²) in [6, 6.07) is 0. The molecule has 0 aliphatic heterocycles. The fraction of sp³-hybridized carbons (Fsp3) is 0.625. The van der Waals surface area contributed by atoms with Crippen molar-refractivity contribution >= 4 is 23.1 Å². The van der Waals surface area contributed by atoms with Gasteiger partial charge in [0.15, 0.2) is 0 Å². The minimum absolute atomic E-state index is 0. The third-order valence-electron chi connectivity index (χ3n) is 0.963. The average Bonchev–Trinajstić information content (AvgIpc) is 1.97. The van der Waals surface area contributed by atoms with Crippen molar-refractivity contribution in [3.63, 3.8) is 0 Å². The molecule has 0 fully saturated rings. The Kier molecular flexibility index (Phi) is 27.3. The quantitative estimate of drug-likeness (QED) is 0.170. The normalized spacial score (nSPS) is 9.17. The number of methoxy groups -OCH3 is 1. The molecule has 0 atom stereocenters. The van der Waals surface area contributed by atoms with Crippen molar-refractivity contribution in [3.8, 4) is 0 Å². The predicted molar refractivity (Wildman–Crippen MR) is 47.3 cm³/mol.